The highest BCUT2D eigenvalue weighted by Crippen LogP contribution is 2.47. The number of ether oxygens (including phenoxy) is 1. The van der Waals surface area contributed by atoms with Gasteiger partial charge in [0.05, 0.1) is 12.7 Å². The molecule has 0 aromatic heterocycles. The fourth-order valence-electron chi connectivity index (χ4n) is 4.78. The average Bonchev–Trinajstić information content (AvgIpc) is 3.38. The van der Waals surface area contributed by atoms with Gasteiger partial charge in [0.2, 0.25) is 5.92 Å². The molecule has 0 saturated heterocycles. The molecule has 35 heavy (non-hydrogen) atoms. The van der Waals surface area contributed by atoms with E-state index < -0.39 is 41.5 Å². The molecule has 1 aliphatic heterocycles. The molecule has 2 aromatic carbocycles. The molecule has 0 spiro atoms. The molecule has 1 N–H and O–H groups in total. The lowest BCUT2D eigenvalue weighted by Gasteiger charge is -2.33. The Morgan fingerprint density at radius 3 is 2.49 bits per heavy atom. The van der Waals surface area contributed by atoms with Crippen molar-refractivity contribution in [3.8, 4) is 0 Å². The Hall–Kier alpha value is -3.07. The van der Waals surface area contributed by atoms with Gasteiger partial charge in [0.15, 0.2) is 17.2 Å². The topological polar surface area (TPSA) is 53.0 Å². The van der Waals surface area contributed by atoms with E-state index in [2.05, 4.69) is 0 Å². The van der Waals surface area contributed by atoms with Crippen LogP contribution in [0.2, 0.25) is 0 Å². The maximum absolute atomic E-state index is 13.9. The lowest BCUT2D eigenvalue weighted by Crippen LogP contribution is -2.45. The molecule has 0 radical (unpaired) electrons. The number of carbonyl (C=O) groups is 1. The molecule has 0 bridgehead atoms. The zero-order chi connectivity index (χ0) is 25.2. The number of benzene rings is 2. The fourth-order valence-corrected chi connectivity index (χ4v) is 4.78. The number of carbonyl (C=O) groups excluding carboxylic acids is 1. The molecule has 1 heterocycles. The van der Waals surface area contributed by atoms with Gasteiger partial charge in [0.25, 0.3) is 0 Å². The molecule has 1 unspecified atom stereocenters. The van der Waals surface area contributed by atoms with Crippen molar-refractivity contribution in [1.82, 2.24) is 9.80 Å². The Kier molecular flexibility index (Phi) is 7.07. The number of nitrogens with zero attached hydrogens (tertiary/aromatic N) is 2. The van der Waals surface area contributed by atoms with Gasteiger partial charge in [-0.05, 0) is 36.6 Å². The van der Waals surface area contributed by atoms with Crippen molar-refractivity contribution < 1.29 is 32.2 Å². The van der Waals surface area contributed by atoms with Crippen LogP contribution in [0.3, 0.4) is 0 Å². The van der Waals surface area contributed by atoms with E-state index in [4.69, 9.17) is 4.74 Å². The van der Waals surface area contributed by atoms with Crippen molar-refractivity contribution in [2.45, 2.75) is 50.4 Å². The summed E-state index contributed by atoms with van der Waals surface area (Å²) in [6.45, 7) is 2.49. The van der Waals surface area contributed by atoms with Crippen molar-refractivity contribution in [3.63, 3.8) is 0 Å². The van der Waals surface area contributed by atoms with Gasteiger partial charge < -0.3 is 19.6 Å². The minimum absolute atomic E-state index is 0.0122. The molecule has 2 aromatic rings. The van der Waals surface area contributed by atoms with Crippen molar-refractivity contribution >= 4 is 5.97 Å². The van der Waals surface area contributed by atoms with Crippen LogP contribution >= 0.6 is 0 Å². The first kappa shape index (κ1) is 25.0. The van der Waals surface area contributed by atoms with E-state index in [1.54, 1.807) is 42.7 Å². The first-order valence-corrected chi connectivity index (χ1v) is 11.6. The third kappa shape index (κ3) is 5.29. The number of rotatable bonds is 8. The van der Waals surface area contributed by atoms with Crippen LogP contribution in [0.25, 0.3) is 0 Å². The van der Waals surface area contributed by atoms with Gasteiger partial charge >= 0.3 is 5.97 Å². The molecule has 0 amide bonds. The van der Waals surface area contributed by atoms with E-state index in [1.807, 2.05) is 16.7 Å². The Balaban J connectivity index is 1.36. The fraction of sp³-hybridized carbons (Fsp3) is 0.423. The highest BCUT2D eigenvalue weighted by atomic mass is 19.3. The van der Waals surface area contributed by atoms with Crippen LogP contribution in [0, 0.1) is 17.6 Å². The number of hydrogen-bond donors (Lipinski definition) is 1. The van der Waals surface area contributed by atoms with Crippen LogP contribution in [-0.2, 0) is 21.7 Å². The van der Waals surface area contributed by atoms with Crippen molar-refractivity contribution in [2.24, 2.45) is 5.92 Å². The van der Waals surface area contributed by atoms with E-state index in [1.165, 1.54) is 6.07 Å². The van der Waals surface area contributed by atoms with Crippen LogP contribution in [0.15, 0.2) is 60.9 Å². The highest BCUT2D eigenvalue weighted by Gasteiger charge is 2.54. The SMILES string of the molecule is CC1N(CCOC(=O)[C@](O)(c2ccccc2)[C@@H]2CCC(F)(F)C2)C=CN1Cc1ccc(F)c(F)c1. The Bertz CT molecular complexity index is 1080. The molecule has 1 fully saturated rings. The van der Waals surface area contributed by atoms with Crippen molar-refractivity contribution in [3.05, 3.63) is 83.7 Å². The highest BCUT2D eigenvalue weighted by molar-refractivity contribution is 5.81. The van der Waals surface area contributed by atoms with E-state index >= 15 is 0 Å². The Labute approximate surface area is 201 Å². The third-order valence-electron chi connectivity index (χ3n) is 6.86. The van der Waals surface area contributed by atoms with Crippen LogP contribution in [0.5, 0.6) is 0 Å². The summed E-state index contributed by atoms with van der Waals surface area (Å²) in [5.41, 5.74) is -1.32. The zero-order valence-corrected chi connectivity index (χ0v) is 19.3. The quantitative estimate of drug-likeness (QED) is 0.425. The second-order valence-electron chi connectivity index (χ2n) is 9.15. The summed E-state index contributed by atoms with van der Waals surface area (Å²) in [6, 6.07) is 11.8. The largest absolute Gasteiger partial charge is 0.461 e. The van der Waals surface area contributed by atoms with Gasteiger partial charge in [-0.3, -0.25) is 0 Å². The average molecular weight is 493 g/mol. The maximum Gasteiger partial charge on any atom is 0.343 e. The minimum atomic E-state index is -2.93. The lowest BCUT2D eigenvalue weighted by atomic mass is 9.80. The summed E-state index contributed by atoms with van der Waals surface area (Å²) < 4.78 is 59.9. The van der Waals surface area contributed by atoms with Crippen molar-refractivity contribution in [2.75, 3.05) is 13.2 Å². The van der Waals surface area contributed by atoms with Crippen molar-refractivity contribution in [1.29, 1.82) is 0 Å². The number of esters is 1. The zero-order valence-electron chi connectivity index (χ0n) is 19.3. The summed E-state index contributed by atoms with van der Waals surface area (Å²) in [7, 11) is 0. The summed E-state index contributed by atoms with van der Waals surface area (Å²) in [4.78, 5) is 16.9. The van der Waals surface area contributed by atoms with Gasteiger partial charge in [0, 0.05) is 37.7 Å². The van der Waals surface area contributed by atoms with E-state index in [-0.39, 0.29) is 31.2 Å². The predicted molar refractivity (Wildman–Crippen MR) is 121 cm³/mol. The lowest BCUT2D eigenvalue weighted by molar-refractivity contribution is -0.175. The molecule has 1 saturated carbocycles. The number of aliphatic hydroxyl groups is 1. The molecule has 3 atom stereocenters. The Morgan fingerprint density at radius 1 is 1.11 bits per heavy atom. The first-order chi connectivity index (χ1) is 16.6. The van der Waals surface area contributed by atoms with E-state index in [0.717, 1.165) is 12.1 Å². The monoisotopic (exact) mass is 492 g/mol. The molecule has 1 aliphatic carbocycles. The van der Waals surface area contributed by atoms with Crippen LogP contribution < -0.4 is 0 Å². The van der Waals surface area contributed by atoms with E-state index in [0.29, 0.717) is 18.7 Å². The third-order valence-corrected chi connectivity index (χ3v) is 6.86. The summed E-state index contributed by atoms with van der Waals surface area (Å²) in [5.74, 6) is -6.64. The second kappa shape index (κ2) is 9.89. The molecular weight excluding hydrogens is 464 g/mol. The summed E-state index contributed by atoms with van der Waals surface area (Å²) in [5, 5.41) is 11.4. The van der Waals surface area contributed by atoms with Gasteiger partial charge in [-0.1, -0.05) is 36.4 Å². The smallest absolute Gasteiger partial charge is 0.343 e. The second-order valence-corrected chi connectivity index (χ2v) is 9.15. The van der Waals surface area contributed by atoms with Gasteiger partial charge in [-0.15, -0.1) is 0 Å². The molecule has 188 valence electrons. The number of alkyl halides is 2. The molecule has 4 rings (SSSR count). The van der Waals surface area contributed by atoms with Gasteiger partial charge in [-0.25, -0.2) is 22.4 Å². The minimum Gasteiger partial charge on any atom is -0.461 e. The number of hydrogen-bond acceptors (Lipinski definition) is 5. The molecule has 9 heteroatoms. The molecular formula is C26H28F4N2O3. The normalized spacial score (nSPS) is 22.9. The van der Waals surface area contributed by atoms with Gasteiger partial charge in [0.1, 0.15) is 6.61 Å². The molecule has 5 nitrogen and oxygen atoms in total. The van der Waals surface area contributed by atoms with Crippen LogP contribution in [0.1, 0.15) is 37.3 Å². The maximum atomic E-state index is 13.9. The molecule has 2 aliphatic rings. The summed E-state index contributed by atoms with van der Waals surface area (Å²) in [6.07, 6.45) is 2.48. The predicted octanol–water partition coefficient (Wildman–Crippen LogP) is 4.77. The first-order valence-electron chi connectivity index (χ1n) is 11.6. The standard InChI is InChI=1S/C26H28F4N2O3/c1-18-31(11-12-32(18)17-19-7-8-22(27)23(28)15-19)13-14-35-24(33)26(34,20-5-3-2-4-6-20)21-9-10-25(29,30)16-21/h2-8,11-12,15,18,21,34H,9-10,13-14,16-17H2,1H3/t18?,21-,26+/m1/s1. The number of halogens is 4. The van der Waals surface area contributed by atoms with Crippen LogP contribution in [-0.4, -0.2) is 46.1 Å². The van der Waals surface area contributed by atoms with Gasteiger partial charge in [-0.2, -0.15) is 0 Å². The van der Waals surface area contributed by atoms with Crippen LogP contribution in [0.4, 0.5) is 17.6 Å². The Morgan fingerprint density at radius 2 is 1.83 bits per heavy atom. The summed E-state index contributed by atoms with van der Waals surface area (Å²) >= 11 is 0. The van der Waals surface area contributed by atoms with E-state index in [9.17, 15) is 27.5 Å².